The summed E-state index contributed by atoms with van der Waals surface area (Å²) in [7, 11) is -2.47. The second kappa shape index (κ2) is 6.99. The third-order valence-electron chi connectivity index (χ3n) is 3.76. The van der Waals surface area contributed by atoms with E-state index in [0.717, 1.165) is 18.9 Å². The highest BCUT2D eigenvalue weighted by Gasteiger charge is 2.43. The maximum Gasteiger partial charge on any atom is 0.500 e. The Labute approximate surface area is 117 Å². The summed E-state index contributed by atoms with van der Waals surface area (Å²) in [6.45, 7) is 7.97. The van der Waals surface area contributed by atoms with Gasteiger partial charge >= 0.3 is 8.80 Å². The zero-order valence-electron chi connectivity index (χ0n) is 12.3. The summed E-state index contributed by atoms with van der Waals surface area (Å²) in [5.74, 6) is 0.600. The van der Waals surface area contributed by atoms with Crippen LogP contribution >= 0.6 is 0 Å². The fraction of sp³-hybridized carbons (Fsp3) is 0.857. The first-order chi connectivity index (χ1) is 9.23. The summed E-state index contributed by atoms with van der Waals surface area (Å²) in [5.41, 5.74) is 0. The molecule has 0 saturated carbocycles. The van der Waals surface area contributed by atoms with E-state index in [1.807, 2.05) is 20.8 Å². The van der Waals surface area contributed by atoms with E-state index < -0.39 is 8.80 Å². The highest BCUT2D eigenvalue weighted by molar-refractivity contribution is 6.60. The standard InChI is InChI=1S/C14H26O4Si/c1-4-15-19(16-5-2,17-6-3)10-9-12-11-13-7-8-14(12)18-13/h7-8,12-14H,4-6,9-11H2,1-3H3. The molecule has 19 heavy (non-hydrogen) atoms. The van der Waals surface area contributed by atoms with Crippen molar-refractivity contribution in [2.24, 2.45) is 5.92 Å². The van der Waals surface area contributed by atoms with E-state index in [1.54, 1.807) is 0 Å². The van der Waals surface area contributed by atoms with Gasteiger partial charge in [0.1, 0.15) is 0 Å². The van der Waals surface area contributed by atoms with Gasteiger partial charge < -0.3 is 18.0 Å². The third kappa shape index (κ3) is 3.67. The van der Waals surface area contributed by atoms with Crippen LogP contribution in [-0.2, 0) is 18.0 Å². The lowest BCUT2D eigenvalue weighted by atomic mass is 9.92. The second-order valence-electron chi connectivity index (χ2n) is 5.04. The molecule has 110 valence electrons. The van der Waals surface area contributed by atoms with E-state index in [9.17, 15) is 0 Å². The lowest BCUT2D eigenvalue weighted by molar-refractivity contribution is 0.0677. The highest BCUT2D eigenvalue weighted by Crippen LogP contribution is 2.37. The summed E-state index contributed by atoms with van der Waals surface area (Å²) in [4.78, 5) is 0. The number of hydrogen-bond donors (Lipinski definition) is 0. The monoisotopic (exact) mass is 286 g/mol. The molecule has 0 aromatic rings. The van der Waals surface area contributed by atoms with Gasteiger partial charge in [0.05, 0.1) is 12.2 Å². The van der Waals surface area contributed by atoms with E-state index >= 15 is 0 Å². The second-order valence-corrected chi connectivity index (χ2v) is 7.77. The van der Waals surface area contributed by atoms with Gasteiger partial charge in [0.25, 0.3) is 0 Å². The molecule has 0 N–H and O–H groups in total. The Hall–Kier alpha value is -0.203. The van der Waals surface area contributed by atoms with E-state index in [4.69, 9.17) is 18.0 Å². The SMILES string of the molecule is CCO[Si](CCC1CC2C=CC1O2)(OCC)OCC. The average Bonchev–Trinajstić information content (AvgIpc) is 2.99. The van der Waals surface area contributed by atoms with Crippen LogP contribution in [0, 0.1) is 5.92 Å². The minimum absolute atomic E-state index is 0.307. The van der Waals surface area contributed by atoms with E-state index in [1.165, 1.54) is 0 Å². The van der Waals surface area contributed by atoms with Crippen molar-refractivity contribution in [1.82, 2.24) is 0 Å². The molecule has 0 aliphatic carbocycles. The van der Waals surface area contributed by atoms with Gasteiger partial charge in [-0.05, 0) is 39.5 Å². The first-order valence-corrected chi connectivity index (χ1v) is 9.41. The quantitative estimate of drug-likeness (QED) is 0.482. The van der Waals surface area contributed by atoms with Crippen molar-refractivity contribution in [2.75, 3.05) is 19.8 Å². The van der Waals surface area contributed by atoms with E-state index in [0.29, 0.717) is 37.9 Å². The molecule has 2 aliphatic heterocycles. The predicted molar refractivity (Wildman–Crippen MR) is 76.0 cm³/mol. The summed E-state index contributed by atoms with van der Waals surface area (Å²) in [5, 5.41) is 0. The Bertz CT molecular complexity index is 291. The van der Waals surface area contributed by atoms with Gasteiger partial charge in [0.15, 0.2) is 0 Å². The topological polar surface area (TPSA) is 36.9 Å². The lowest BCUT2D eigenvalue weighted by Crippen LogP contribution is -2.46. The number of hydrogen-bond acceptors (Lipinski definition) is 4. The van der Waals surface area contributed by atoms with Crippen molar-refractivity contribution in [1.29, 1.82) is 0 Å². The van der Waals surface area contributed by atoms with Crippen LogP contribution in [0.25, 0.3) is 0 Å². The molecule has 4 nitrogen and oxygen atoms in total. The normalized spacial score (nSPS) is 29.3. The molecule has 2 aliphatic rings. The number of rotatable bonds is 9. The van der Waals surface area contributed by atoms with E-state index in [2.05, 4.69) is 12.2 Å². The first-order valence-electron chi connectivity index (χ1n) is 7.48. The predicted octanol–water partition coefficient (Wildman–Crippen LogP) is 2.77. The molecular weight excluding hydrogens is 260 g/mol. The largest absolute Gasteiger partial charge is 0.500 e. The van der Waals surface area contributed by atoms with Crippen LogP contribution in [0.1, 0.15) is 33.6 Å². The maximum atomic E-state index is 5.89. The Kier molecular flexibility index (Phi) is 5.59. The Balaban J connectivity index is 1.89. The average molecular weight is 286 g/mol. The molecule has 1 fully saturated rings. The molecule has 2 heterocycles. The van der Waals surface area contributed by atoms with Crippen LogP contribution in [0.2, 0.25) is 6.04 Å². The van der Waals surface area contributed by atoms with Crippen LogP contribution in [0.15, 0.2) is 12.2 Å². The first kappa shape index (κ1) is 15.2. The van der Waals surface area contributed by atoms with Crippen LogP contribution in [-0.4, -0.2) is 40.8 Å². The van der Waals surface area contributed by atoms with Gasteiger partial charge in [-0.25, -0.2) is 0 Å². The Morgan fingerprint density at radius 2 is 1.68 bits per heavy atom. The lowest BCUT2D eigenvalue weighted by Gasteiger charge is -2.29. The molecule has 0 aromatic heterocycles. The van der Waals surface area contributed by atoms with Gasteiger partial charge in [0, 0.05) is 25.9 Å². The van der Waals surface area contributed by atoms with Gasteiger partial charge in [-0.3, -0.25) is 0 Å². The van der Waals surface area contributed by atoms with Gasteiger partial charge in [-0.1, -0.05) is 12.2 Å². The summed E-state index contributed by atoms with van der Waals surface area (Å²) in [6, 6.07) is 0.896. The molecule has 5 heteroatoms. The van der Waals surface area contributed by atoms with Crippen LogP contribution in [0.4, 0.5) is 0 Å². The molecule has 0 aromatic carbocycles. The van der Waals surface area contributed by atoms with Crippen molar-refractivity contribution >= 4 is 8.80 Å². The van der Waals surface area contributed by atoms with Crippen LogP contribution < -0.4 is 0 Å². The molecule has 0 amide bonds. The van der Waals surface area contributed by atoms with Crippen molar-refractivity contribution < 1.29 is 18.0 Å². The Morgan fingerprint density at radius 1 is 1.05 bits per heavy atom. The number of ether oxygens (including phenoxy) is 1. The van der Waals surface area contributed by atoms with Crippen molar-refractivity contribution in [3.8, 4) is 0 Å². The molecule has 3 unspecified atom stereocenters. The number of fused-ring (bicyclic) bond motifs is 2. The molecule has 0 spiro atoms. The van der Waals surface area contributed by atoms with Gasteiger partial charge in [-0.15, -0.1) is 0 Å². The fourth-order valence-corrected chi connectivity index (χ4v) is 5.73. The summed E-state index contributed by atoms with van der Waals surface area (Å²) < 4.78 is 23.5. The smallest absolute Gasteiger partial charge is 0.374 e. The molecular formula is C14H26O4Si. The summed E-state index contributed by atoms with van der Waals surface area (Å²) in [6.07, 6.45) is 7.23. The zero-order chi connectivity index (χ0) is 13.7. The fourth-order valence-electron chi connectivity index (χ4n) is 3.01. The molecule has 1 saturated heterocycles. The maximum absolute atomic E-state index is 5.89. The third-order valence-corrected chi connectivity index (χ3v) is 6.85. The van der Waals surface area contributed by atoms with Crippen molar-refractivity contribution in [3.63, 3.8) is 0 Å². The zero-order valence-corrected chi connectivity index (χ0v) is 13.3. The van der Waals surface area contributed by atoms with Crippen molar-refractivity contribution in [2.45, 2.75) is 51.9 Å². The molecule has 3 atom stereocenters. The minimum Gasteiger partial charge on any atom is -0.374 e. The molecule has 2 rings (SSSR count). The van der Waals surface area contributed by atoms with Crippen LogP contribution in [0.3, 0.4) is 0 Å². The van der Waals surface area contributed by atoms with Gasteiger partial charge in [0.2, 0.25) is 0 Å². The molecule has 0 radical (unpaired) electrons. The van der Waals surface area contributed by atoms with E-state index in [-0.39, 0.29) is 0 Å². The highest BCUT2D eigenvalue weighted by atomic mass is 28.4. The molecule has 2 bridgehead atoms. The summed E-state index contributed by atoms with van der Waals surface area (Å²) >= 11 is 0. The minimum atomic E-state index is -2.47. The van der Waals surface area contributed by atoms with Crippen LogP contribution in [0.5, 0.6) is 0 Å². The Morgan fingerprint density at radius 3 is 2.11 bits per heavy atom. The van der Waals surface area contributed by atoms with Crippen molar-refractivity contribution in [3.05, 3.63) is 12.2 Å². The van der Waals surface area contributed by atoms with Gasteiger partial charge in [-0.2, -0.15) is 0 Å².